The number of nitrogens with zero attached hydrogens (tertiary/aromatic N) is 1. The lowest BCUT2D eigenvalue weighted by molar-refractivity contribution is -0.117. The van der Waals surface area contributed by atoms with Crippen LogP contribution in [-0.2, 0) is 15.0 Å². The number of carbonyl (C=O) groups excluding carboxylic acids is 2. The number of anilines is 1. The summed E-state index contributed by atoms with van der Waals surface area (Å²) in [4.78, 5) is 24.5. The van der Waals surface area contributed by atoms with Crippen molar-refractivity contribution in [3.8, 4) is 5.75 Å². The molecular formula is C24H22N2O6S. The van der Waals surface area contributed by atoms with E-state index in [0.717, 1.165) is 15.3 Å². The number of aliphatic hydroxyl groups is 1. The maximum absolute atomic E-state index is 12.7. The number of hydrogen-bond donors (Lipinski definition) is 2. The summed E-state index contributed by atoms with van der Waals surface area (Å²) in [5.41, 5.74) is 1.23. The van der Waals surface area contributed by atoms with Gasteiger partial charge in [-0.3, -0.25) is 4.79 Å². The zero-order valence-corrected chi connectivity index (χ0v) is 18.6. The van der Waals surface area contributed by atoms with E-state index in [1.165, 1.54) is 0 Å². The van der Waals surface area contributed by atoms with Gasteiger partial charge in [-0.15, -0.1) is 0 Å². The Kier molecular flexibility index (Phi) is 6.17. The topological polar surface area (TPSA) is 113 Å². The Hall–Kier alpha value is -3.69. The fourth-order valence-electron chi connectivity index (χ4n) is 3.46. The second-order valence-electron chi connectivity index (χ2n) is 7.71. The van der Waals surface area contributed by atoms with E-state index in [-0.39, 0.29) is 11.4 Å². The number of fused-ring (bicyclic) bond motifs is 1. The van der Waals surface area contributed by atoms with Crippen LogP contribution in [0, 0.1) is 0 Å². The molecule has 1 unspecified atom stereocenters. The normalized spacial score (nSPS) is 16.2. The first-order valence-electron chi connectivity index (χ1n) is 10.3. The van der Waals surface area contributed by atoms with E-state index in [0.29, 0.717) is 17.4 Å². The van der Waals surface area contributed by atoms with Crippen LogP contribution in [0.3, 0.4) is 0 Å². The molecule has 1 aliphatic heterocycles. The first-order chi connectivity index (χ1) is 15.7. The number of ether oxygens (including phenoxy) is 1. The molecule has 1 fully saturated rings. The van der Waals surface area contributed by atoms with E-state index in [1.807, 2.05) is 35.1 Å². The van der Waals surface area contributed by atoms with Crippen LogP contribution in [0.1, 0.15) is 29.3 Å². The molecule has 170 valence electrons. The summed E-state index contributed by atoms with van der Waals surface area (Å²) >= 11 is 0. The number of amides is 1. The molecule has 1 saturated heterocycles. The molecule has 3 aromatic carbocycles. The Labute approximate surface area is 191 Å². The summed E-state index contributed by atoms with van der Waals surface area (Å²) in [7, 11) is -4.11. The van der Waals surface area contributed by atoms with Crippen LogP contribution in [-0.4, -0.2) is 38.0 Å². The fourth-order valence-corrected chi connectivity index (χ4v) is 4.61. The number of aliphatic hydroxyl groups excluding tert-OH is 1. The smallest absolute Gasteiger partial charge is 0.343 e. The van der Waals surface area contributed by atoms with Crippen molar-refractivity contribution in [2.24, 2.45) is 0 Å². The van der Waals surface area contributed by atoms with E-state index in [1.54, 1.807) is 49.4 Å². The quantitative estimate of drug-likeness (QED) is 0.427. The van der Waals surface area contributed by atoms with Crippen molar-refractivity contribution in [2.75, 3.05) is 10.8 Å². The zero-order valence-electron chi connectivity index (χ0n) is 17.8. The van der Waals surface area contributed by atoms with Crippen molar-refractivity contribution in [1.82, 2.24) is 4.72 Å². The number of carbonyl (C=O) groups is 2. The highest BCUT2D eigenvalue weighted by Gasteiger charge is 2.36. The van der Waals surface area contributed by atoms with Gasteiger partial charge in [0.25, 0.3) is 5.91 Å². The zero-order chi connectivity index (χ0) is 23.6. The van der Waals surface area contributed by atoms with Crippen LogP contribution in [0.5, 0.6) is 5.75 Å². The summed E-state index contributed by atoms with van der Waals surface area (Å²) in [6.07, 6.45) is 3.74. The van der Waals surface area contributed by atoms with Gasteiger partial charge in [0.15, 0.2) is 5.75 Å². The van der Waals surface area contributed by atoms with Crippen LogP contribution < -0.4 is 13.8 Å². The molecule has 2 N–H and O–H groups in total. The van der Waals surface area contributed by atoms with Gasteiger partial charge in [0, 0.05) is 0 Å². The van der Waals surface area contributed by atoms with E-state index in [9.17, 15) is 23.1 Å². The molecule has 1 aliphatic rings. The van der Waals surface area contributed by atoms with Gasteiger partial charge >= 0.3 is 16.2 Å². The predicted molar refractivity (Wildman–Crippen MR) is 125 cm³/mol. The van der Waals surface area contributed by atoms with Crippen LogP contribution in [0.2, 0.25) is 0 Å². The standard InChI is InChI=1S/C24H22N2O6S/c1-16(27)6-5-7-17-10-11-19-14-22(32-24(29)18-8-3-2-4-9-18)21(13-20(19)12-17)26-15-23(28)25-33(26,30)31/h2-5,7-14,16,27H,6,15H2,1H3,(H,25,28)/b7-5+. The fraction of sp³-hybridized carbons (Fsp3) is 0.167. The maximum atomic E-state index is 12.7. The number of benzene rings is 3. The summed E-state index contributed by atoms with van der Waals surface area (Å²) in [6.45, 7) is 1.28. The molecule has 0 radical (unpaired) electrons. The number of rotatable bonds is 6. The van der Waals surface area contributed by atoms with Gasteiger partial charge in [-0.2, -0.15) is 8.42 Å². The van der Waals surface area contributed by atoms with Gasteiger partial charge in [-0.25, -0.2) is 13.8 Å². The van der Waals surface area contributed by atoms with Crippen molar-refractivity contribution in [2.45, 2.75) is 19.4 Å². The highest BCUT2D eigenvalue weighted by Crippen LogP contribution is 2.36. The Morgan fingerprint density at radius 2 is 1.91 bits per heavy atom. The molecule has 1 atom stereocenters. The number of nitrogens with one attached hydrogen (secondary N) is 1. The summed E-state index contributed by atoms with van der Waals surface area (Å²) in [6, 6.07) is 17.0. The molecular weight excluding hydrogens is 444 g/mol. The van der Waals surface area contributed by atoms with E-state index < -0.39 is 34.7 Å². The lowest BCUT2D eigenvalue weighted by Crippen LogP contribution is -2.30. The summed E-state index contributed by atoms with van der Waals surface area (Å²) in [5.74, 6) is -1.30. The van der Waals surface area contributed by atoms with E-state index in [4.69, 9.17) is 4.74 Å². The Morgan fingerprint density at radius 3 is 2.58 bits per heavy atom. The minimum atomic E-state index is -4.11. The highest BCUT2D eigenvalue weighted by molar-refractivity contribution is 7.92. The van der Waals surface area contributed by atoms with Crippen LogP contribution >= 0.6 is 0 Å². The maximum Gasteiger partial charge on any atom is 0.343 e. The molecule has 4 rings (SSSR count). The third-order valence-corrected chi connectivity index (χ3v) is 6.42. The third-order valence-electron chi connectivity index (χ3n) is 5.03. The van der Waals surface area contributed by atoms with Gasteiger partial charge < -0.3 is 9.84 Å². The number of hydrogen-bond acceptors (Lipinski definition) is 6. The first kappa shape index (κ1) is 22.5. The minimum absolute atomic E-state index is 0.0221. The third kappa shape index (κ3) is 5.05. The van der Waals surface area contributed by atoms with Crippen LogP contribution in [0.15, 0.2) is 66.7 Å². The molecule has 8 nitrogen and oxygen atoms in total. The van der Waals surface area contributed by atoms with E-state index in [2.05, 4.69) is 0 Å². The molecule has 0 saturated carbocycles. The summed E-state index contributed by atoms with van der Waals surface area (Å²) in [5, 5.41) is 10.8. The van der Waals surface area contributed by atoms with Crippen molar-refractivity contribution in [3.05, 3.63) is 77.9 Å². The van der Waals surface area contributed by atoms with Gasteiger partial charge in [0.05, 0.1) is 17.4 Å². The molecule has 0 bridgehead atoms. The van der Waals surface area contributed by atoms with Crippen molar-refractivity contribution in [1.29, 1.82) is 0 Å². The van der Waals surface area contributed by atoms with Crippen molar-refractivity contribution >= 4 is 44.6 Å². The van der Waals surface area contributed by atoms with Crippen molar-refractivity contribution < 1.29 is 27.9 Å². The Morgan fingerprint density at radius 1 is 1.15 bits per heavy atom. The molecule has 1 amide bonds. The van der Waals surface area contributed by atoms with Crippen molar-refractivity contribution in [3.63, 3.8) is 0 Å². The lowest BCUT2D eigenvalue weighted by atomic mass is 10.0. The molecule has 1 heterocycles. The second-order valence-corrected chi connectivity index (χ2v) is 9.30. The van der Waals surface area contributed by atoms with Crippen LogP contribution in [0.25, 0.3) is 16.8 Å². The highest BCUT2D eigenvalue weighted by atomic mass is 32.2. The Bertz CT molecular complexity index is 1350. The molecule has 3 aromatic rings. The molecule has 0 aliphatic carbocycles. The lowest BCUT2D eigenvalue weighted by Gasteiger charge is -2.19. The minimum Gasteiger partial charge on any atom is -0.421 e. The van der Waals surface area contributed by atoms with Gasteiger partial charge in [0.1, 0.15) is 6.54 Å². The largest absolute Gasteiger partial charge is 0.421 e. The molecule has 9 heteroatoms. The van der Waals surface area contributed by atoms with Gasteiger partial charge in [0.2, 0.25) is 0 Å². The van der Waals surface area contributed by atoms with E-state index >= 15 is 0 Å². The number of esters is 1. The molecule has 0 spiro atoms. The second kappa shape index (κ2) is 9.05. The van der Waals surface area contributed by atoms with Crippen LogP contribution in [0.4, 0.5) is 5.69 Å². The SMILES string of the molecule is CC(O)C/C=C/c1ccc2cc(OC(=O)c3ccccc3)c(N3CC(=O)NS3(=O)=O)cc2c1. The average molecular weight is 467 g/mol. The predicted octanol–water partition coefficient (Wildman–Crippen LogP) is 3.02. The molecule has 33 heavy (non-hydrogen) atoms. The first-order valence-corrected chi connectivity index (χ1v) is 11.7. The van der Waals surface area contributed by atoms with Gasteiger partial charge in [-0.05, 0) is 60.0 Å². The summed E-state index contributed by atoms with van der Waals surface area (Å²) < 4.78 is 33.4. The Balaban J connectivity index is 1.78. The monoisotopic (exact) mass is 466 g/mol. The van der Waals surface area contributed by atoms with Gasteiger partial charge in [-0.1, -0.05) is 42.5 Å². The molecule has 0 aromatic heterocycles. The average Bonchev–Trinajstić information content (AvgIpc) is 3.05.